The van der Waals surface area contributed by atoms with Crippen LogP contribution in [0.2, 0.25) is 0 Å². The van der Waals surface area contributed by atoms with Crippen LogP contribution in [0.3, 0.4) is 0 Å². The first-order chi connectivity index (χ1) is 7.33. The first-order valence-electron chi connectivity index (χ1n) is 4.67. The van der Waals surface area contributed by atoms with Crippen molar-refractivity contribution in [3.8, 4) is 0 Å². The highest BCUT2D eigenvalue weighted by atomic mass is 19.4. The highest BCUT2D eigenvalue weighted by Gasteiger charge is 2.29. The highest BCUT2D eigenvalue weighted by molar-refractivity contribution is 5.76. The Bertz CT molecular complexity index is 387. The Hall–Kier alpha value is -1.52. The van der Waals surface area contributed by atoms with Gasteiger partial charge in [-0.1, -0.05) is 0 Å². The molecule has 0 heterocycles. The molecule has 0 aliphatic heterocycles. The third-order valence-electron chi connectivity index (χ3n) is 2.18. The highest BCUT2D eigenvalue weighted by Crippen LogP contribution is 2.24. The number of carbonyl (C=O) groups is 1. The molecule has 1 aromatic carbocycles. The lowest BCUT2D eigenvalue weighted by molar-refractivity contribution is -0.119. The molecule has 0 aliphatic carbocycles. The molecule has 0 radical (unpaired) electrons. The number of nitrogens with zero attached hydrogens (tertiary/aromatic N) is 1. The lowest BCUT2D eigenvalue weighted by atomic mass is 10.1. The maximum Gasteiger partial charge on any atom is 0.405 e. The summed E-state index contributed by atoms with van der Waals surface area (Å²) in [6, 6.07) is 4.59. The van der Waals surface area contributed by atoms with E-state index in [9.17, 15) is 18.0 Å². The van der Waals surface area contributed by atoms with Crippen molar-refractivity contribution in [2.45, 2.75) is 13.1 Å². The number of hydrogen-bond donors (Lipinski definition) is 0. The fourth-order valence-electron chi connectivity index (χ4n) is 1.53. The molecule has 0 spiro atoms. The lowest BCUT2D eigenvalue weighted by Gasteiger charge is -2.22. The van der Waals surface area contributed by atoms with Crippen molar-refractivity contribution in [2.75, 3.05) is 18.5 Å². The number of aldehydes is 1. The van der Waals surface area contributed by atoms with Gasteiger partial charge >= 0.3 is 6.18 Å². The molecular weight excluding hydrogens is 219 g/mol. The summed E-state index contributed by atoms with van der Waals surface area (Å²) in [6.07, 6.45) is -3.56. The molecule has 0 N–H and O–H groups in total. The number of anilines is 1. The third kappa shape index (κ3) is 3.25. The Morgan fingerprint density at radius 2 is 2.00 bits per heavy atom. The van der Waals surface area contributed by atoms with E-state index in [1.54, 1.807) is 13.0 Å². The molecule has 88 valence electrons. The topological polar surface area (TPSA) is 20.3 Å². The van der Waals surface area contributed by atoms with Gasteiger partial charge in [0.2, 0.25) is 0 Å². The van der Waals surface area contributed by atoms with Crippen LogP contribution < -0.4 is 4.90 Å². The molecule has 1 aromatic rings. The second kappa shape index (κ2) is 4.55. The zero-order valence-corrected chi connectivity index (χ0v) is 9.01. The summed E-state index contributed by atoms with van der Waals surface area (Å²) in [4.78, 5) is 11.6. The summed E-state index contributed by atoms with van der Waals surface area (Å²) < 4.78 is 36.5. The quantitative estimate of drug-likeness (QED) is 0.745. The molecular formula is C11H12F3NO. The summed E-state index contributed by atoms with van der Waals surface area (Å²) in [5, 5.41) is 0. The molecule has 0 saturated carbocycles. The maximum absolute atomic E-state index is 12.2. The van der Waals surface area contributed by atoms with Crippen molar-refractivity contribution in [3.05, 3.63) is 29.3 Å². The van der Waals surface area contributed by atoms with E-state index in [1.807, 2.05) is 0 Å². The van der Waals surface area contributed by atoms with E-state index in [0.29, 0.717) is 23.1 Å². The Morgan fingerprint density at radius 1 is 1.38 bits per heavy atom. The van der Waals surface area contributed by atoms with E-state index in [0.717, 1.165) is 4.90 Å². The van der Waals surface area contributed by atoms with Crippen LogP contribution in [0.4, 0.5) is 18.9 Å². The van der Waals surface area contributed by atoms with Gasteiger partial charge in [0.1, 0.15) is 12.8 Å². The molecule has 1 rings (SSSR count). The zero-order valence-electron chi connectivity index (χ0n) is 9.01. The molecule has 16 heavy (non-hydrogen) atoms. The summed E-state index contributed by atoms with van der Waals surface area (Å²) in [5.41, 5.74) is 1.58. The number of halogens is 3. The van der Waals surface area contributed by atoms with Crippen LogP contribution in [-0.4, -0.2) is 26.1 Å². The molecule has 0 aromatic heterocycles. The van der Waals surface area contributed by atoms with E-state index in [1.165, 1.54) is 19.2 Å². The van der Waals surface area contributed by atoms with Gasteiger partial charge in [-0.2, -0.15) is 13.2 Å². The molecule has 0 saturated heterocycles. The van der Waals surface area contributed by atoms with Gasteiger partial charge in [-0.3, -0.25) is 4.79 Å². The first-order valence-corrected chi connectivity index (χ1v) is 4.67. The fraction of sp³-hybridized carbons (Fsp3) is 0.364. The number of benzene rings is 1. The predicted molar refractivity (Wildman–Crippen MR) is 55.9 cm³/mol. The van der Waals surface area contributed by atoms with Gasteiger partial charge in [0.05, 0.1) is 0 Å². The van der Waals surface area contributed by atoms with Crippen LogP contribution in [0.25, 0.3) is 0 Å². The van der Waals surface area contributed by atoms with Crippen LogP contribution in [0.15, 0.2) is 18.2 Å². The molecule has 0 fully saturated rings. The van der Waals surface area contributed by atoms with Crippen molar-refractivity contribution >= 4 is 12.0 Å². The molecule has 0 unspecified atom stereocenters. The van der Waals surface area contributed by atoms with Crippen LogP contribution in [-0.2, 0) is 0 Å². The van der Waals surface area contributed by atoms with Crippen molar-refractivity contribution in [1.82, 2.24) is 0 Å². The average Bonchev–Trinajstić information content (AvgIpc) is 2.14. The summed E-state index contributed by atoms with van der Waals surface area (Å²) in [6.45, 7) is 0.670. The van der Waals surface area contributed by atoms with E-state index in [-0.39, 0.29) is 0 Å². The molecule has 0 bridgehead atoms. The van der Waals surface area contributed by atoms with Crippen molar-refractivity contribution in [1.29, 1.82) is 0 Å². The second-order valence-electron chi connectivity index (χ2n) is 3.64. The summed E-state index contributed by atoms with van der Waals surface area (Å²) in [7, 11) is 1.37. The summed E-state index contributed by atoms with van der Waals surface area (Å²) >= 11 is 0. The van der Waals surface area contributed by atoms with Gasteiger partial charge in [0, 0.05) is 18.3 Å². The largest absolute Gasteiger partial charge is 0.405 e. The fourth-order valence-corrected chi connectivity index (χ4v) is 1.53. The smallest absolute Gasteiger partial charge is 0.366 e. The Balaban J connectivity index is 2.92. The molecule has 0 aliphatic rings. The van der Waals surface area contributed by atoms with E-state index >= 15 is 0 Å². The number of alkyl halides is 3. The maximum atomic E-state index is 12.2. The predicted octanol–water partition coefficient (Wildman–Crippen LogP) is 2.81. The van der Waals surface area contributed by atoms with Crippen LogP contribution >= 0.6 is 0 Å². The van der Waals surface area contributed by atoms with E-state index in [4.69, 9.17) is 0 Å². The number of carbonyl (C=O) groups excluding carboxylic acids is 1. The normalized spacial score (nSPS) is 11.3. The lowest BCUT2D eigenvalue weighted by Crippen LogP contribution is -2.31. The number of hydrogen-bond acceptors (Lipinski definition) is 2. The van der Waals surface area contributed by atoms with Crippen molar-refractivity contribution in [3.63, 3.8) is 0 Å². The van der Waals surface area contributed by atoms with Gasteiger partial charge in [0.15, 0.2) is 0 Å². The van der Waals surface area contributed by atoms with Gasteiger partial charge in [-0.05, 0) is 30.7 Å². The van der Waals surface area contributed by atoms with Gasteiger partial charge in [-0.15, -0.1) is 0 Å². The Morgan fingerprint density at radius 3 is 2.44 bits per heavy atom. The van der Waals surface area contributed by atoms with Crippen LogP contribution in [0.1, 0.15) is 15.9 Å². The van der Waals surface area contributed by atoms with Gasteiger partial charge in [-0.25, -0.2) is 0 Å². The van der Waals surface area contributed by atoms with Gasteiger partial charge < -0.3 is 4.90 Å². The molecule has 0 amide bonds. The van der Waals surface area contributed by atoms with Crippen LogP contribution in [0, 0.1) is 6.92 Å². The number of rotatable bonds is 3. The summed E-state index contributed by atoms with van der Waals surface area (Å²) in [5.74, 6) is 0. The van der Waals surface area contributed by atoms with E-state index in [2.05, 4.69) is 0 Å². The monoisotopic (exact) mass is 231 g/mol. The minimum Gasteiger partial charge on any atom is -0.366 e. The first kappa shape index (κ1) is 12.5. The molecule has 0 atom stereocenters. The minimum atomic E-state index is -4.23. The third-order valence-corrected chi connectivity index (χ3v) is 2.18. The molecule has 2 nitrogen and oxygen atoms in total. The Kier molecular flexibility index (Phi) is 3.57. The van der Waals surface area contributed by atoms with E-state index < -0.39 is 12.7 Å². The van der Waals surface area contributed by atoms with Gasteiger partial charge in [0.25, 0.3) is 0 Å². The van der Waals surface area contributed by atoms with Crippen molar-refractivity contribution in [2.24, 2.45) is 0 Å². The SMILES string of the molecule is Cc1cc(C=O)ccc1N(C)CC(F)(F)F. The average molecular weight is 231 g/mol. The zero-order chi connectivity index (χ0) is 12.3. The van der Waals surface area contributed by atoms with Crippen LogP contribution in [0.5, 0.6) is 0 Å². The van der Waals surface area contributed by atoms with Crippen molar-refractivity contribution < 1.29 is 18.0 Å². The second-order valence-corrected chi connectivity index (χ2v) is 3.64. The molecule has 5 heteroatoms. The Labute approximate surface area is 91.7 Å². The minimum absolute atomic E-state index is 0.460. The standard InChI is InChI=1S/C11H12F3NO/c1-8-5-9(6-16)3-4-10(8)15(2)7-11(12,13)14/h3-6H,7H2,1-2H3. The number of aryl methyl sites for hydroxylation is 1.